The normalized spacial score (nSPS) is 46.3. The Morgan fingerprint density at radius 3 is 2.19 bits per heavy atom. The summed E-state index contributed by atoms with van der Waals surface area (Å²) in [5.74, 6) is -0.796. The van der Waals surface area contributed by atoms with Crippen LogP contribution in [0.25, 0.3) is 0 Å². The van der Waals surface area contributed by atoms with Crippen molar-refractivity contribution >= 4 is 34.8 Å². The van der Waals surface area contributed by atoms with E-state index >= 15 is 0 Å². The number of fused-ring (bicyclic) bond motifs is 2. The summed E-state index contributed by atoms with van der Waals surface area (Å²) in [5.41, 5.74) is -1.88. The summed E-state index contributed by atoms with van der Waals surface area (Å²) >= 11 is 17.5. The molecule has 0 unspecified atom stereocenters. The molecule has 2 aliphatic heterocycles. The van der Waals surface area contributed by atoms with Crippen molar-refractivity contribution in [1.82, 2.24) is 0 Å². The van der Waals surface area contributed by atoms with Crippen LogP contribution < -0.4 is 0 Å². The highest BCUT2D eigenvalue weighted by atomic mass is 35.6. The van der Waals surface area contributed by atoms with E-state index in [2.05, 4.69) is 0 Å². The lowest BCUT2D eigenvalue weighted by atomic mass is 9.77. The number of nitro groups is 1. The van der Waals surface area contributed by atoms with Crippen LogP contribution in [0.2, 0.25) is 0 Å². The Labute approximate surface area is 108 Å². The highest BCUT2D eigenvalue weighted by molar-refractivity contribution is 6.67. The minimum atomic E-state index is -1.73. The van der Waals surface area contributed by atoms with Gasteiger partial charge < -0.3 is 4.74 Å². The third-order valence-electron chi connectivity index (χ3n) is 3.29. The Morgan fingerprint density at radius 1 is 1.31 bits per heavy atom. The standard InChI is InChI=1S/C9H10Cl3NO3/c1-7-3-4-8(2,16-7)6(13(14)15)5(7)9(10,11)12/h3-6H,1-2H3/t5-,6-,7-,8+/m0/s1. The Bertz CT molecular complexity index is 381. The van der Waals surface area contributed by atoms with Gasteiger partial charge in [-0.2, -0.15) is 0 Å². The van der Waals surface area contributed by atoms with Crippen molar-refractivity contribution in [2.24, 2.45) is 5.92 Å². The number of ether oxygens (including phenoxy) is 1. The summed E-state index contributed by atoms with van der Waals surface area (Å²) in [6.07, 6.45) is 3.41. The quantitative estimate of drug-likeness (QED) is 0.322. The van der Waals surface area contributed by atoms with Gasteiger partial charge in [0.2, 0.25) is 3.79 Å². The van der Waals surface area contributed by atoms with Crippen molar-refractivity contribution in [3.05, 3.63) is 22.3 Å². The molecule has 4 atom stereocenters. The summed E-state index contributed by atoms with van der Waals surface area (Å²) < 4.78 is 3.93. The summed E-state index contributed by atoms with van der Waals surface area (Å²) in [4.78, 5) is 10.7. The molecule has 0 aliphatic carbocycles. The summed E-state index contributed by atoms with van der Waals surface area (Å²) in [7, 11) is 0. The van der Waals surface area contributed by atoms with Gasteiger partial charge in [0.25, 0.3) is 6.04 Å². The van der Waals surface area contributed by atoms with Gasteiger partial charge >= 0.3 is 0 Å². The molecule has 1 fully saturated rings. The lowest BCUT2D eigenvalue weighted by molar-refractivity contribution is -0.540. The largest absolute Gasteiger partial charge is 0.353 e. The number of hydrogen-bond donors (Lipinski definition) is 0. The van der Waals surface area contributed by atoms with Gasteiger partial charge in [-0.3, -0.25) is 10.1 Å². The van der Waals surface area contributed by atoms with Gasteiger partial charge in [-0.25, -0.2) is 0 Å². The van der Waals surface area contributed by atoms with E-state index < -0.39 is 31.9 Å². The van der Waals surface area contributed by atoms with Gasteiger partial charge in [0, 0.05) is 4.92 Å². The molecule has 90 valence electrons. The molecule has 0 aromatic carbocycles. The Balaban J connectivity index is 2.51. The first-order valence-corrected chi connectivity index (χ1v) is 5.84. The number of rotatable bonds is 1. The van der Waals surface area contributed by atoms with Gasteiger partial charge in [-0.05, 0) is 19.9 Å². The number of hydrogen-bond acceptors (Lipinski definition) is 3. The summed E-state index contributed by atoms with van der Waals surface area (Å²) in [5, 5.41) is 11.1. The third-order valence-corrected chi connectivity index (χ3v) is 3.99. The van der Waals surface area contributed by atoms with Crippen molar-refractivity contribution in [3.63, 3.8) is 0 Å². The predicted octanol–water partition coefficient (Wildman–Crippen LogP) is 2.74. The Kier molecular flexibility index (Phi) is 2.53. The smallest absolute Gasteiger partial charge is 0.254 e. The second kappa shape index (κ2) is 3.25. The fraction of sp³-hybridized carbons (Fsp3) is 0.778. The molecule has 7 heteroatoms. The molecule has 2 aliphatic rings. The molecule has 2 heterocycles. The highest BCUT2D eigenvalue weighted by Crippen LogP contribution is 2.58. The summed E-state index contributed by atoms with van der Waals surface area (Å²) in [6, 6.07) is -1.05. The molecule has 2 rings (SSSR count). The molecule has 4 nitrogen and oxygen atoms in total. The molecular weight excluding hydrogens is 276 g/mol. The van der Waals surface area contributed by atoms with Crippen LogP contribution in [-0.4, -0.2) is 26.0 Å². The van der Waals surface area contributed by atoms with E-state index in [1.165, 1.54) is 0 Å². The monoisotopic (exact) mass is 285 g/mol. The first kappa shape index (κ1) is 12.4. The Hall–Kier alpha value is -0.0300. The molecule has 0 amide bonds. The fourth-order valence-electron chi connectivity index (χ4n) is 2.68. The van der Waals surface area contributed by atoms with E-state index in [9.17, 15) is 10.1 Å². The molecule has 0 aromatic rings. The van der Waals surface area contributed by atoms with E-state index in [1.54, 1.807) is 26.0 Å². The second-order valence-electron chi connectivity index (χ2n) is 4.55. The van der Waals surface area contributed by atoms with Gasteiger partial charge in [0.1, 0.15) is 5.92 Å². The molecular formula is C9H10Cl3NO3. The molecule has 2 bridgehead atoms. The minimum Gasteiger partial charge on any atom is -0.353 e. The van der Waals surface area contributed by atoms with Crippen LogP contribution in [0, 0.1) is 16.0 Å². The van der Waals surface area contributed by atoms with Gasteiger partial charge in [-0.15, -0.1) is 0 Å². The molecule has 0 spiro atoms. The zero-order valence-corrected chi connectivity index (χ0v) is 10.9. The van der Waals surface area contributed by atoms with Crippen molar-refractivity contribution < 1.29 is 9.66 Å². The van der Waals surface area contributed by atoms with E-state index in [0.717, 1.165) is 0 Å². The number of nitrogens with zero attached hydrogens (tertiary/aromatic N) is 1. The lowest BCUT2D eigenvalue weighted by Gasteiger charge is -2.32. The predicted molar refractivity (Wildman–Crippen MR) is 61.6 cm³/mol. The van der Waals surface area contributed by atoms with Crippen molar-refractivity contribution in [3.8, 4) is 0 Å². The van der Waals surface area contributed by atoms with Gasteiger partial charge in [-0.1, -0.05) is 40.9 Å². The van der Waals surface area contributed by atoms with E-state index in [-0.39, 0.29) is 0 Å². The average Bonchev–Trinajstić information content (AvgIpc) is 2.48. The number of halogens is 3. The molecule has 1 saturated heterocycles. The first-order valence-electron chi connectivity index (χ1n) is 4.71. The number of alkyl halides is 3. The molecule has 16 heavy (non-hydrogen) atoms. The maximum absolute atomic E-state index is 11.1. The lowest BCUT2D eigenvalue weighted by Crippen LogP contribution is -2.50. The summed E-state index contributed by atoms with van der Waals surface area (Å²) in [6.45, 7) is 3.34. The average molecular weight is 287 g/mol. The van der Waals surface area contributed by atoms with Crippen molar-refractivity contribution in [2.75, 3.05) is 0 Å². The SMILES string of the molecule is C[C@]12C=C[C@](C)(O1)[C@@H](C(Cl)(Cl)Cl)[C@@H]2[N+](=O)[O-]. The van der Waals surface area contributed by atoms with Gasteiger partial charge in [0.05, 0.1) is 5.60 Å². The van der Waals surface area contributed by atoms with Crippen LogP contribution in [0.4, 0.5) is 0 Å². The van der Waals surface area contributed by atoms with Crippen LogP contribution in [0.1, 0.15) is 13.8 Å². The van der Waals surface area contributed by atoms with Crippen LogP contribution in [0.5, 0.6) is 0 Å². The maximum atomic E-state index is 11.1. The third kappa shape index (κ3) is 1.55. The van der Waals surface area contributed by atoms with E-state index in [0.29, 0.717) is 0 Å². The fourth-order valence-corrected chi connectivity index (χ4v) is 3.69. The van der Waals surface area contributed by atoms with Crippen LogP contribution in [0.15, 0.2) is 12.2 Å². The van der Waals surface area contributed by atoms with Crippen LogP contribution in [0.3, 0.4) is 0 Å². The Morgan fingerprint density at radius 2 is 1.81 bits per heavy atom. The van der Waals surface area contributed by atoms with E-state index in [4.69, 9.17) is 39.5 Å². The van der Waals surface area contributed by atoms with Crippen LogP contribution >= 0.6 is 34.8 Å². The second-order valence-corrected chi connectivity index (χ2v) is 6.92. The zero-order chi connectivity index (χ0) is 12.4. The van der Waals surface area contributed by atoms with E-state index in [1.807, 2.05) is 0 Å². The molecule has 0 N–H and O–H groups in total. The zero-order valence-electron chi connectivity index (χ0n) is 8.62. The van der Waals surface area contributed by atoms with Crippen LogP contribution in [-0.2, 0) is 4.74 Å². The molecule has 0 radical (unpaired) electrons. The topological polar surface area (TPSA) is 52.4 Å². The highest BCUT2D eigenvalue weighted by Gasteiger charge is 2.71. The first-order chi connectivity index (χ1) is 7.10. The minimum absolute atomic E-state index is 0.429. The molecule has 0 aromatic heterocycles. The molecule has 0 saturated carbocycles. The van der Waals surface area contributed by atoms with Crippen molar-refractivity contribution in [2.45, 2.75) is 34.9 Å². The maximum Gasteiger partial charge on any atom is 0.254 e. The van der Waals surface area contributed by atoms with Crippen molar-refractivity contribution in [1.29, 1.82) is 0 Å². The van der Waals surface area contributed by atoms with Gasteiger partial charge in [0.15, 0.2) is 5.60 Å².